The molecule has 1 aliphatic rings. The molecule has 1 aliphatic heterocycles. The number of thiocarbonyl (C=S) groups is 1. The summed E-state index contributed by atoms with van der Waals surface area (Å²) in [6.45, 7) is 3.06. The number of amides is 1. The number of nitrogens with one attached hydrogen (secondary N) is 2. The summed E-state index contributed by atoms with van der Waals surface area (Å²) < 4.78 is 4.77. The van der Waals surface area contributed by atoms with Crippen molar-refractivity contribution in [3.63, 3.8) is 0 Å². The largest absolute Gasteiger partial charge is 0.450 e. The van der Waals surface area contributed by atoms with Crippen LogP contribution in [0.5, 0.6) is 0 Å². The van der Waals surface area contributed by atoms with Crippen LogP contribution in [0, 0.1) is 0 Å². The SMILES string of the molecule is CCOC(=O)NC(=S)Nc1cccc2c1CCN2C. The number of benzene rings is 1. The number of hydrogen-bond donors (Lipinski definition) is 2. The third kappa shape index (κ3) is 3.14. The molecule has 2 rings (SSSR count). The van der Waals surface area contributed by atoms with Crippen LogP contribution in [0.25, 0.3) is 0 Å². The van der Waals surface area contributed by atoms with E-state index in [4.69, 9.17) is 17.0 Å². The van der Waals surface area contributed by atoms with E-state index in [2.05, 4.69) is 28.6 Å². The second kappa shape index (κ2) is 5.88. The number of anilines is 2. The molecule has 6 heteroatoms. The molecular formula is C13H17N3O2S. The lowest BCUT2D eigenvalue weighted by atomic mass is 10.1. The molecule has 0 atom stereocenters. The Kier molecular flexibility index (Phi) is 4.21. The lowest BCUT2D eigenvalue weighted by Crippen LogP contribution is -2.34. The minimum Gasteiger partial charge on any atom is -0.450 e. The van der Waals surface area contributed by atoms with Gasteiger partial charge in [-0.25, -0.2) is 4.79 Å². The van der Waals surface area contributed by atoms with Crippen LogP contribution in [-0.2, 0) is 11.2 Å². The van der Waals surface area contributed by atoms with Crippen molar-refractivity contribution in [2.24, 2.45) is 0 Å². The second-order valence-electron chi connectivity index (χ2n) is 4.27. The fraction of sp³-hybridized carbons (Fsp3) is 0.385. The maximum atomic E-state index is 11.3. The van der Waals surface area contributed by atoms with Gasteiger partial charge in [0, 0.05) is 30.5 Å². The highest BCUT2D eigenvalue weighted by molar-refractivity contribution is 7.80. The molecule has 0 saturated heterocycles. The van der Waals surface area contributed by atoms with Gasteiger partial charge < -0.3 is 15.0 Å². The summed E-state index contributed by atoms with van der Waals surface area (Å²) in [5.74, 6) is 0. The van der Waals surface area contributed by atoms with Crippen molar-refractivity contribution >= 4 is 34.8 Å². The van der Waals surface area contributed by atoms with Crippen LogP contribution in [0.1, 0.15) is 12.5 Å². The number of carbonyl (C=O) groups is 1. The first kappa shape index (κ1) is 13.6. The number of carbonyl (C=O) groups excluding carboxylic acids is 1. The average molecular weight is 279 g/mol. The van der Waals surface area contributed by atoms with E-state index in [9.17, 15) is 4.79 Å². The number of hydrogen-bond acceptors (Lipinski definition) is 4. The summed E-state index contributed by atoms with van der Waals surface area (Å²) in [5, 5.41) is 5.77. The molecule has 0 saturated carbocycles. The van der Waals surface area contributed by atoms with Crippen LogP contribution in [-0.4, -0.2) is 31.4 Å². The maximum absolute atomic E-state index is 11.3. The molecule has 2 N–H and O–H groups in total. The average Bonchev–Trinajstić information content (AvgIpc) is 2.72. The summed E-state index contributed by atoms with van der Waals surface area (Å²) in [4.78, 5) is 13.5. The highest BCUT2D eigenvalue weighted by Crippen LogP contribution is 2.32. The van der Waals surface area contributed by atoms with E-state index in [0.717, 1.165) is 18.7 Å². The van der Waals surface area contributed by atoms with Crippen molar-refractivity contribution in [2.45, 2.75) is 13.3 Å². The maximum Gasteiger partial charge on any atom is 0.413 e. The van der Waals surface area contributed by atoms with Crippen molar-refractivity contribution in [1.29, 1.82) is 0 Å². The smallest absolute Gasteiger partial charge is 0.413 e. The summed E-state index contributed by atoms with van der Waals surface area (Å²) in [7, 11) is 2.06. The van der Waals surface area contributed by atoms with Crippen molar-refractivity contribution in [1.82, 2.24) is 5.32 Å². The van der Waals surface area contributed by atoms with E-state index >= 15 is 0 Å². The van der Waals surface area contributed by atoms with Crippen molar-refractivity contribution in [3.8, 4) is 0 Å². The molecule has 1 amide bonds. The molecule has 0 aromatic heterocycles. The monoisotopic (exact) mass is 279 g/mol. The minimum atomic E-state index is -0.537. The Morgan fingerprint density at radius 3 is 3.05 bits per heavy atom. The first-order valence-electron chi connectivity index (χ1n) is 6.19. The fourth-order valence-corrected chi connectivity index (χ4v) is 2.32. The Bertz CT molecular complexity index is 505. The van der Waals surface area contributed by atoms with Gasteiger partial charge in [-0.15, -0.1) is 0 Å². The molecule has 102 valence electrons. The van der Waals surface area contributed by atoms with Gasteiger partial charge in [0.25, 0.3) is 0 Å². The fourth-order valence-electron chi connectivity index (χ4n) is 2.13. The number of ether oxygens (including phenoxy) is 1. The van der Waals surface area contributed by atoms with Gasteiger partial charge in [0.05, 0.1) is 6.61 Å². The Morgan fingerprint density at radius 1 is 1.53 bits per heavy atom. The molecule has 5 nitrogen and oxygen atoms in total. The Balaban J connectivity index is 2.04. The molecular weight excluding hydrogens is 262 g/mol. The van der Waals surface area contributed by atoms with Gasteiger partial charge in [0.2, 0.25) is 0 Å². The van der Waals surface area contributed by atoms with Gasteiger partial charge in [-0.2, -0.15) is 0 Å². The molecule has 0 unspecified atom stereocenters. The van der Waals surface area contributed by atoms with Crippen LogP contribution in [0.4, 0.5) is 16.2 Å². The van der Waals surface area contributed by atoms with Gasteiger partial charge in [-0.1, -0.05) is 6.07 Å². The molecule has 19 heavy (non-hydrogen) atoms. The number of rotatable bonds is 2. The van der Waals surface area contributed by atoms with E-state index in [-0.39, 0.29) is 5.11 Å². The molecule has 1 aromatic rings. The molecule has 0 bridgehead atoms. The first-order chi connectivity index (χ1) is 9.11. The minimum absolute atomic E-state index is 0.251. The summed E-state index contributed by atoms with van der Waals surface area (Å²) in [6, 6.07) is 6.00. The van der Waals surface area contributed by atoms with E-state index in [0.29, 0.717) is 6.61 Å². The standard InChI is InChI=1S/C13H17N3O2S/c1-3-18-13(17)15-12(19)14-10-5-4-6-11-9(10)7-8-16(11)2/h4-6H,3,7-8H2,1-2H3,(H2,14,15,17,19). The van der Waals surface area contributed by atoms with Crippen LogP contribution in [0.3, 0.4) is 0 Å². The molecule has 0 radical (unpaired) electrons. The van der Waals surface area contributed by atoms with Gasteiger partial charge in [0.15, 0.2) is 5.11 Å². The topological polar surface area (TPSA) is 53.6 Å². The summed E-state index contributed by atoms with van der Waals surface area (Å²) in [6.07, 6.45) is 0.432. The van der Waals surface area contributed by atoms with Crippen LogP contribution in [0.15, 0.2) is 18.2 Å². The zero-order chi connectivity index (χ0) is 13.8. The van der Waals surface area contributed by atoms with Crippen molar-refractivity contribution < 1.29 is 9.53 Å². The Morgan fingerprint density at radius 2 is 2.32 bits per heavy atom. The third-order valence-corrected chi connectivity index (χ3v) is 3.20. The molecule has 1 heterocycles. The van der Waals surface area contributed by atoms with Gasteiger partial charge >= 0.3 is 6.09 Å². The predicted octanol–water partition coefficient (Wildman–Crippen LogP) is 2.12. The van der Waals surface area contributed by atoms with E-state index in [1.165, 1.54) is 11.3 Å². The molecule has 0 fully saturated rings. The highest BCUT2D eigenvalue weighted by Gasteiger charge is 2.19. The Hall–Kier alpha value is -1.82. The first-order valence-corrected chi connectivity index (χ1v) is 6.60. The van der Waals surface area contributed by atoms with Crippen LogP contribution >= 0.6 is 12.2 Å². The van der Waals surface area contributed by atoms with Crippen LogP contribution in [0.2, 0.25) is 0 Å². The zero-order valence-corrected chi connectivity index (χ0v) is 11.8. The number of nitrogens with zero attached hydrogens (tertiary/aromatic N) is 1. The molecule has 0 spiro atoms. The van der Waals surface area contributed by atoms with E-state index < -0.39 is 6.09 Å². The van der Waals surface area contributed by atoms with Crippen LogP contribution < -0.4 is 15.5 Å². The summed E-state index contributed by atoms with van der Waals surface area (Å²) in [5.41, 5.74) is 3.35. The predicted molar refractivity (Wildman–Crippen MR) is 79.8 cm³/mol. The van der Waals surface area contributed by atoms with Gasteiger partial charge in [-0.05, 0) is 37.7 Å². The number of alkyl carbamates (subject to hydrolysis) is 1. The van der Waals surface area contributed by atoms with E-state index in [1.54, 1.807) is 6.92 Å². The normalized spacial score (nSPS) is 12.8. The third-order valence-electron chi connectivity index (χ3n) is 3.00. The number of fused-ring (bicyclic) bond motifs is 1. The number of likely N-dealkylation sites (N-methyl/N-ethyl adjacent to an activating group) is 1. The Labute approximate surface area is 117 Å². The van der Waals surface area contributed by atoms with Crippen molar-refractivity contribution in [2.75, 3.05) is 30.4 Å². The zero-order valence-electron chi connectivity index (χ0n) is 11.0. The lowest BCUT2D eigenvalue weighted by molar-refractivity contribution is 0.158. The van der Waals surface area contributed by atoms with E-state index in [1.807, 2.05) is 12.1 Å². The van der Waals surface area contributed by atoms with Crippen molar-refractivity contribution in [3.05, 3.63) is 23.8 Å². The summed E-state index contributed by atoms with van der Waals surface area (Å²) >= 11 is 5.09. The molecule has 1 aromatic carbocycles. The second-order valence-corrected chi connectivity index (χ2v) is 4.68. The van der Waals surface area contributed by atoms with Gasteiger partial charge in [-0.3, -0.25) is 5.32 Å². The quantitative estimate of drug-likeness (QED) is 0.812. The highest BCUT2D eigenvalue weighted by atomic mass is 32.1. The lowest BCUT2D eigenvalue weighted by Gasteiger charge is -2.14. The molecule has 0 aliphatic carbocycles. The van der Waals surface area contributed by atoms with Gasteiger partial charge in [0.1, 0.15) is 0 Å².